The van der Waals surface area contributed by atoms with Gasteiger partial charge in [-0.25, -0.2) is 14.6 Å². The predicted molar refractivity (Wildman–Crippen MR) is 92.1 cm³/mol. The summed E-state index contributed by atoms with van der Waals surface area (Å²) in [4.78, 5) is 8.28. The fourth-order valence-corrected chi connectivity index (χ4v) is 2.76. The van der Waals surface area contributed by atoms with Crippen molar-refractivity contribution in [1.29, 1.82) is 0 Å². The molecule has 0 unspecified atom stereocenters. The molecule has 4 heterocycles. The molecule has 0 fully saturated rings. The van der Waals surface area contributed by atoms with Crippen LogP contribution in [0.3, 0.4) is 0 Å². The van der Waals surface area contributed by atoms with Crippen molar-refractivity contribution < 1.29 is 4.39 Å². The third-order valence-corrected chi connectivity index (χ3v) is 4.19. The van der Waals surface area contributed by atoms with Gasteiger partial charge in [-0.2, -0.15) is 4.39 Å². The van der Waals surface area contributed by atoms with Crippen molar-refractivity contribution in [2.45, 2.75) is 26.7 Å². The molecule has 4 aromatic rings. The maximum Gasteiger partial charge on any atom is 0.212 e. The van der Waals surface area contributed by atoms with Crippen LogP contribution in [0, 0.1) is 12.9 Å². The van der Waals surface area contributed by atoms with Gasteiger partial charge < -0.3 is 4.40 Å². The van der Waals surface area contributed by atoms with Crippen LogP contribution >= 0.6 is 0 Å². The first kappa shape index (κ1) is 15.4. The largest absolute Gasteiger partial charge is 0.306 e. The molecular formula is C18H17FN6. The second kappa shape index (κ2) is 5.77. The minimum Gasteiger partial charge on any atom is -0.306 e. The molecule has 0 aromatic carbocycles. The summed E-state index contributed by atoms with van der Waals surface area (Å²) in [5.41, 5.74) is 5.20. The Hall–Kier alpha value is -3.09. The summed E-state index contributed by atoms with van der Waals surface area (Å²) in [6.07, 6.45) is 5.47. The number of aromatic nitrogens is 6. The van der Waals surface area contributed by atoms with Gasteiger partial charge in [0, 0.05) is 18.0 Å². The van der Waals surface area contributed by atoms with E-state index in [1.54, 1.807) is 10.7 Å². The van der Waals surface area contributed by atoms with Crippen LogP contribution in [0.5, 0.6) is 0 Å². The zero-order chi connectivity index (χ0) is 17.6. The van der Waals surface area contributed by atoms with Crippen molar-refractivity contribution in [2.24, 2.45) is 0 Å². The van der Waals surface area contributed by atoms with Crippen molar-refractivity contribution in [3.63, 3.8) is 0 Å². The summed E-state index contributed by atoms with van der Waals surface area (Å²) >= 11 is 0. The normalized spacial score (nSPS) is 11.6. The van der Waals surface area contributed by atoms with Gasteiger partial charge in [0.05, 0.1) is 23.3 Å². The fourth-order valence-electron chi connectivity index (χ4n) is 2.76. The summed E-state index contributed by atoms with van der Waals surface area (Å²) in [7, 11) is 0. The number of nitrogens with zero attached hydrogens (tertiary/aromatic N) is 6. The van der Waals surface area contributed by atoms with Gasteiger partial charge in [0.25, 0.3) is 0 Å². The molecule has 126 valence electrons. The van der Waals surface area contributed by atoms with Crippen LogP contribution in [0.25, 0.3) is 22.6 Å². The lowest BCUT2D eigenvalue weighted by molar-refractivity contribution is 0.582. The maximum atomic E-state index is 13.0. The van der Waals surface area contributed by atoms with Gasteiger partial charge in [-0.1, -0.05) is 19.1 Å². The predicted octanol–water partition coefficient (Wildman–Crippen LogP) is 3.55. The van der Waals surface area contributed by atoms with Crippen molar-refractivity contribution >= 4 is 5.65 Å². The van der Waals surface area contributed by atoms with E-state index in [-0.39, 0.29) is 0 Å². The van der Waals surface area contributed by atoms with E-state index in [1.807, 2.05) is 35.9 Å². The van der Waals surface area contributed by atoms with Crippen LogP contribution in [-0.4, -0.2) is 29.4 Å². The Morgan fingerprint density at radius 2 is 1.92 bits per heavy atom. The van der Waals surface area contributed by atoms with Crippen molar-refractivity contribution in [3.8, 4) is 16.9 Å². The van der Waals surface area contributed by atoms with Gasteiger partial charge >= 0.3 is 0 Å². The quantitative estimate of drug-likeness (QED) is 0.537. The minimum absolute atomic E-state index is 0.372. The number of halogens is 1. The van der Waals surface area contributed by atoms with Gasteiger partial charge in [-0.3, -0.25) is 0 Å². The topological polar surface area (TPSA) is 60.9 Å². The highest BCUT2D eigenvalue weighted by Gasteiger charge is 2.14. The number of hydrogen-bond acceptors (Lipinski definition) is 4. The van der Waals surface area contributed by atoms with Gasteiger partial charge in [-0.05, 0) is 37.1 Å². The van der Waals surface area contributed by atoms with Crippen LogP contribution < -0.4 is 0 Å². The van der Waals surface area contributed by atoms with Gasteiger partial charge in [-0.15, -0.1) is 5.10 Å². The van der Waals surface area contributed by atoms with Crippen molar-refractivity contribution in [2.75, 3.05) is 0 Å². The van der Waals surface area contributed by atoms with E-state index in [0.717, 1.165) is 28.3 Å². The van der Waals surface area contributed by atoms with Gasteiger partial charge in [0.15, 0.2) is 0 Å². The lowest BCUT2D eigenvalue weighted by atomic mass is 10.1. The molecule has 0 radical (unpaired) electrons. The summed E-state index contributed by atoms with van der Waals surface area (Å²) < 4.78 is 16.7. The highest BCUT2D eigenvalue weighted by molar-refractivity contribution is 5.63. The third-order valence-electron chi connectivity index (χ3n) is 4.19. The van der Waals surface area contributed by atoms with E-state index >= 15 is 0 Å². The molecule has 0 atom stereocenters. The maximum absolute atomic E-state index is 13.0. The first-order valence-electron chi connectivity index (χ1n) is 8.06. The minimum atomic E-state index is -0.520. The van der Waals surface area contributed by atoms with E-state index < -0.39 is 5.95 Å². The lowest BCUT2D eigenvalue weighted by Crippen LogP contribution is -2.00. The van der Waals surface area contributed by atoms with Gasteiger partial charge in [0.1, 0.15) is 11.3 Å². The SMILES string of the molecule is Cc1c(-c2ccc3nc(C(C)C)cn3c2)nnn1-c1ccc(F)nc1. The Balaban J connectivity index is 1.77. The van der Waals surface area contributed by atoms with Crippen LogP contribution in [0.2, 0.25) is 0 Å². The smallest absolute Gasteiger partial charge is 0.212 e. The highest BCUT2D eigenvalue weighted by Crippen LogP contribution is 2.24. The Morgan fingerprint density at radius 1 is 1.08 bits per heavy atom. The molecule has 0 spiro atoms. The number of pyridine rings is 2. The monoisotopic (exact) mass is 336 g/mol. The molecule has 0 bridgehead atoms. The van der Waals surface area contributed by atoms with Crippen LogP contribution in [0.15, 0.2) is 42.9 Å². The molecule has 0 saturated carbocycles. The Morgan fingerprint density at radius 3 is 2.64 bits per heavy atom. The Bertz CT molecular complexity index is 1050. The first-order chi connectivity index (χ1) is 12.0. The lowest BCUT2D eigenvalue weighted by Gasteiger charge is -2.03. The average molecular weight is 336 g/mol. The molecule has 0 aliphatic rings. The molecular weight excluding hydrogens is 319 g/mol. The zero-order valence-electron chi connectivity index (χ0n) is 14.2. The van der Waals surface area contributed by atoms with Crippen molar-refractivity contribution in [1.82, 2.24) is 29.4 Å². The third kappa shape index (κ3) is 2.67. The number of rotatable bonds is 3. The molecule has 0 N–H and O–H groups in total. The van der Waals surface area contributed by atoms with Crippen LogP contribution in [0.4, 0.5) is 4.39 Å². The number of hydrogen-bond donors (Lipinski definition) is 0. The molecule has 25 heavy (non-hydrogen) atoms. The average Bonchev–Trinajstić information content (AvgIpc) is 3.18. The fraction of sp³-hybridized carbons (Fsp3) is 0.222. The van der Waals surface area contributed by atoms with Crippen molar-refractivity contribution in [3.05, 3.63) is 60.2 Å². The Kier molecular flexibility index (Phi) is 3.56. The van der Waals surface area contributed by atoms with Crippen LogP contribution in [0.1, 0.15) is 31.2 Å². The molecule has 7 heteroatoms. The van der Waals surface area contributed by atoms with E-state index in [2.05, 4.69) is 34.1 Å². The molecule has 0 aliphatic heterocycles. The second-order valence-electron chi connectivity index (χ2n) is 6.28. The molecule has 4 aromatic heterocycles. The number of imidazole rings is 1. The molecule has 0 saturated heterocycles. The summed E-state index contributed by atoms with van der Waals surface area (Å²) in [5.74, 6) is -0.148. The first-order valence-corrected chi connectivity index (χ1v) is 8.06. The second-order valence-corrected chi connectivity index (χ2v) is 6.28. The molecule has 0 amide bonds. The molecule has 4 rings (SSSR count). The molecule has 0 aliphatic carbocycles. The van der Waals surface area contributed by atoms with E-state index in [0.29, 0.717) is 11.6 Å². The summed E-state index contributed by atoms with van der Waals surface area (Å²) in [6, 6.07) is 6.89. The van der Waals surface area contributed by atoms with E-state index in [1.165, 1.54) is 12.3 Å². The zero-order valence-corrected chi connectivity index (χ0v) is 14.2. The Labute approximate surface area is 144 Å². The standard InChI is InChI=1S/C18H17FN6/c1-11(2)15-10-24-9-13(4-7-17(24)21-15)18-12(3)25(23-22-18)14-5-6-16(19)20-8-14/h4-11H,1-3H3. The van der Waals surface area contributed by atoms with E-state index in [9.17, 15) is 4.39 Å². The van der Waals surface area contributed by atoms with Gasteiger partial charge in [0.2, 0.25) is 5.95 Å². The van der Waals surface area contributed by atoms with Crippen LogP contribution in [-0.2, 0) is 0 Å². The summed E-state index contributed by atoms with van der Waals surface area (Å²) in [6.45, 7) is 6.17. The highest BCUT2D eigenvalue weighted by atomic mass is 19.1. The molecule has 6 nitrogen and oxygen atoms in total. The number of fused-ring (bicyclic) bond motifs is 1. The van der Waals surface area contributed by atoms with E-state index in [4.69, 9.17) is 0 Å². The summed E-state index contributed by atoms with van der Waals surface area (Å²) in [5, 5.41) is 8.48.